The average Bonchev–Trinajstić information content (AvgIpc) is 2.83. The van der Waals surface area contributed by atoms with Crippen molar-refractivity contribution in [1.29, 1.82) is 0 Å². The lowest BCUT2D eigenvalue weighted by atomic mass is 10.0. The first-order valence-corrected chi connectivity index (χ1v) is 10.1. The Morgan fingerprint density at radius 1 is 0.806 bits per heavy atom. The minimum absolute atomic E-state index is 0.737. The molecular weight excluding hydrogens is 380 g/mol. The van der Waals surface area contributed by atoms with Crippen molar-refractivity contribution < 1.29 is 0 Å². The van der Waals surface area contributed by atoms with Gasteiger partial charge in [0.05, 0.1) is 22.6 Å². The predicted molar refractivity (Wildman–Crippen MR) is 130 cm³/mol. The molecule has 5 rings (SSSR count). The van der Waals surface area contributed by atoms with Crippen LogP contribution in [-0.4, -0.2) is 22.9 Å². The summed E-state index contributed by atoms with van der Waals surface area (Å²) in [5.74, 6) is 0. The lowest BCUT2D eigenvalue weighted by Gasteiger charge is -2.06. The normalized spacial score (nSPS) is 11.4. The lowest BCUT2D eigenvalue weighted by molar-refractivity contribution is 1.33. The molecule has 0 N–H and O–H groups in total. The van der Waals surface area contributed by atoms with Crippen LogP contribution in [0.3, 0.4) is 0 Å². The van der Waals surface area contributed by atoms with Gasteiger partial charge in [0.25, 0.3) is 0 Å². The fourth-order valence-electron chi connectivity index (χ4n) is 3.66. The molecule has 0 aliphatic rings. The van der Waals surface area contributed by atoms with Gasteiger partial charge < -0.3 is 0 Å². The van der Waals surface area contributed by atoms with Crippen molar-refractivity contribution in [2.75, 3.05) is 0 Å². The van der Waals surface area contributed by atoms with E-state index in [4.69, 9.17) is 4.98 Å². The van der Waals surface area contributed by atoms with Gasteiger partial charge in [-0.1, -0.05) is 36.4 Å². The smallest absolute Gasteiger partial charge is 0.0882 e. The van der Waals surface area contributed by atoms with Crippen LogP contribution in [0.1, 0.15) is 5.56 Å². The Bertz CT molecular complexity index is 1440. The zero-order valence-electron chi connectivity index (χ0n) is 16.9. The van der Waals surface area contributed by atoms with Crippen LogP contribution in [0.4, 0.5) is 11.4 Å². The summed E-state index contributed by atoms with van der Waals surface area (Å²) >= 11 is 0. The summed E-state index contributed by atoms with van der Waals surface area (Å²) in [4.78, 5) is 17.7. The summed E-state index contributed by atoms with van der Waals surface area (Å²) < 4.78 is 0. The Kier molecular flexibility index (Phi) is 5.03. The highest BCUT2D eigenvalue weighted by molar-refractivity contribution is 5.88. The van der Waals surface area contributed by atoms with Crippen LogP contribution in [-0.2, 0) is 6.42 Å². The monoisotopic (exact) mass is 400 g/mol. The second-order valence-corrected chi connectivity index (χ2v) is 7.32. The van der Waals surface area contributed by atoms with Gasteiger partial charge in [0.15, 0.2) is 0 Å². The molecule has 0 saturated heterocycles. The van der Waals surface area contributed by atoms with Crippen molar-refractivity contribution >= 4 is 46.0 Å². The maximum absolute atomic E-state index is 4.87. The minimum Gasteiger partial charge on any atom is -0.264 e. The summed E-state index contributed by atoms with van der Waals surface area (Å²) in [6, 6.07) is 26.7. The summed E-state index contributed by atoms with van der Waals surface area (Å²) in [6.45, 7) is 3.60. The van der Waals surface area contributed by atoms with Gasteiger partial charge in [0.2, 0.25) is 0 Å². The number of para-hydroxylation sites is 2. The molecule has 0 amide bonds. The quantitative estimate of drug-likeness (QED) is 0.307. The van der Waals surface area contributed by atoms with Crippen molar-refractivity contribution in [2.24, 2.45) is 9.98 Å². The van der Waals surface area contributed by atoms with Gasteiger partial charge in [-0.3, -0.25) is 15.0 Å². The third-order valence-corrected chi connectivity index (χ3v) is 5.30. The minimum atomic E-state index is 0.737. The molecule has 0 unspecified atom stereocenters. The van der Waals surface area contributed by atoms with E-state index < -0.39 is 0 Å². The topological polar surface area (TPSA) is 50.5 Å². The number of rotatable bonds is 5. The Morgan fingerprint density at radius 2 is 1.68 bits per heavy atom. The number of aliphatic imine (C=N–C) groups is 2. The number of pyridine rings is 2. The highest BCUT2D eigenvalue weighted by Crippen LogP contribution is 2.27. The molecule has 2 aromatic heterocycles. The summed E-state index contributed by atoms with van der Waals surface area (Å²) in [5, 5.41) is 3.41. The third kappa shape index (κ3) is 3.96. The predicted octanol–water partition coefficient (Wildman–Crippen LogP) is 6.73. The van der Waals surface area contributed by atoms with Gasteiger partial charge in [0, 0.05) is 41.4 Å². The molecule has 31 heavy (non-hydrogen) atoms. The van der Waals surface area contributed by atoms with E-state index in [9.17, 15) is 0 Å². The standard InChI is InChI=1S/C27H20N4/c1-28-26-4-2-3-5-27(26)30-15-12-19-6-10-24-21(16-19)9-11-25(31-24)22-8-7-20-13-14-29-18-23(20)17-22/h2-11,13-18H,1,12H2. The van der Waals surface area contributed by atoms with Crippen molar-refractivity contribution in [3.05, 3.63) is 96.8 Å². The van der Waals surface area contributed by atoms with Gasteiger partial charge in [-0.05, 0) is 60.1 Å². The molecule has 4 nitrogen and oxygen atoms in total. The molecule has 0 aliphatic carbocycles. The van der Waals surface area contributed by atoms with Crippen molar-refractivity contribution in [3.63, 3.8) is 0 Å². The Labute approximate surface area is 180 Å². The van der Waals surface area contributed by atoms with Gasteiger partial charge in [-0.25, -0.2) is 4.98 Å². The molecule has 0 bridgehead atoms. The van der Waals surface area contributed by atoms with E-state index in [1.165, 1.54) is 10.9 Å². The van der Waals surface area contributed by atoms with Crippen molar-refractivity contribution in [3.8, 4) is 11.3 Å². The number of aromatic nitrogens is 2. The molecule has 0 saturated carbocycles. The van der Waals surface area contributed by atoms with Crippen LogP contribution in [0.15, 0.2) is 101 Å². The highest BCUT2D eigenvalue weighted by Gasteiger charge is 2.04. The fourth-order valence-corrected chi connectivity index (χ4v) is 3.66. The maximum atomic E-state index is 4.87. The van der Waals surface area contributed by atoms with E-state index in [0.717, 1.165) is 45.3 Å². The van der Waals surface area contributed by atoms with Crippen LogP contribution in [0.5, 0.6) is 0 Å². The number of nitrogens with zero attached hydrogens (tertiary/aromatic N) is 4. The zero-order chi connectivity index (χ0) is 21.0. The second kappa shape index (κ2) is 8.28. The number of hydrogen-bond acceptors (Lipinski definition) is 4. The fraction of sp³-hybridized carbons (Fsp3) is 0.0370. The SMILES string of the molecule is C=Nc1ccccc1N=CCc1ccc2nc(-c3ccc4ccncc4c3)ccc2c1. The number of hydrogen-bond donors (Lipinski definition) is 0. The number of benzene rings is 3. The molecule has 0 radical (unpaired) electrons. The van der Waals surface area contributed by atoms with Crippen LogP contribution in [0, 0.1) is 0 Å². The van der Waals surface area contributed by atoms with E-state index >= 15 is 0 Å². The van der Waals surface area contributed by atoms with E-state index in [1.807, 2.05) is 48.9 Å². The number of fused-ring (bicyclic) bond motifs is 2. The molecule has 2 heterocycles. The third-order valence-electron chi connectivity index (χ3n) is 5.30. The van der Waals surface area contributed by atoms with Gasteiger partial charge in [0.1, 0.15) is 0 Å². The molecule has 148 valence electrons. The Morgan fingerprint density at radius 3 is 2.58 bits per heavy atom. The van der Waals surface area contributed by atoms with E-state index in [1.54, 1.807) is 0 Å². The Balaban J connectivity index is 1.39. The first-order valence-electron chi connectivity index (χ1n) is 10.1. The zero-order valence-corrected chi connectivity index (χ0v) is 16.9. The van der Waals surface area contributed by atoms with Gasteiger partial charge in [-0.15, -0.1) is 0 Å². The summed E-state index contributed by atoms with van der Waals surface area (Å²) in [6.07, 6.45) is 6.35. The van der Waals surface area contributed by atoms with E-state index in [0.29, 0.717) is 0 Å². The highest BCUT2D eigenvalue weighted by atomic mass is 14.8. The van der Waals surface area contributed by atoms with Gasteiger partial charge in [-0.2, -0.15) is 0 Å². The average molecular weight is 400 g/mol. The first kappa shape index (κ1) is 18.8. The summed E-state index contributed by atoms with van der Waals surface area (Å²) in [7, 11) is 0. The summed E-state index contributed by atoms with van der Waals surface area (Å²) in [5.41, 5.74) is 5.83. The van der Waals surface area contributed by atoms with Crippen LogP contribution in [0.25, 0.3) is 32.9 Å². The van der Waals surface area contributed by atoms with Gasteiger partial charge >= 0.3 is 0 Å². The van der Waals surface area contributed by atoms with Crippen LogP contribution in [0.2, 0.25) is 0 Å². The van der Waals surface area contributed by atoms with Crippen LogP contribution < -0.4 is 0 Å². The van der Waals surface area contributed by atoms with Crippen LogP contribution >= 0.6 is 0 Å². The molecular formula is C27H20N4. The van der Waals surface area contributed by atoms with Crippen molar-refractivity contribution in [1.82, 2.24) is 9.97 Å². The molecule has 0 atom stereocenters. The largest absolute Gasteiger partial charge is 0.264 e. The van der Waals surface area contributed by atoms with E-state index in [-0.39, 0.29) is 0 Å². The maximum Gasteiger partial charge on any atom is 0.0882 e. The molecule has 0 fully saturated rings. The molecule has 3 aromatic carbocycles. The first-order chi connectivity index (χ1) is 15.3. The van der Waals surface area contributed by atoms with Crippen molar-refractivity contribution in [2.45, 2.75) is 6.42 Å². The van der Waals surface area contributed by atoms with E-state index in [2.05, 4.69) is 70.2 Å². The molecule has 5 aromatic rings. The molecule has 0 spiro atoms. The lowest BCUT2D eigenvalue weighted by Crippen LogP contribution is -1.89. The molecule has 4 heteroatoms. The Hall–Kier alpha value is -4.18. The molecule has 0 aliphatic heterocycles. The second-order valence-electron chi connectivity index (χ2n) is 7.32.